The molecule has 2 aromatic rings. The van der Waals surface area contributed by atoms with Gasteiger partial charge in [0.05, 0.1) is 5.02 Å². The molecular weight excluding hydrogens is 260 g/mol. The highest BCUT2D eigenvalue weighted by Gasteiger charge is 2.05. The van der Waals surface area contributed by atoms with Crippen molar-refractivity contribution in [3.63, 3.8) is 0 Å². The molecule has 0 heterocycles. The van der Waals surface area contributed by atoms with Gasteiger partial charge in [-0.25, -0.2) is 8.78 Å². The van der Waals surface area contributed by atoms with E-state index in [1.807, 2.05) is 0 Å². The molecule has 0 saturated carbocycles. The molecule has 0 radical (unpaired) electrons. The Hall–Kier alpha value is -1.81. The number of benzene rings is 2. The first kappa shape index (κ1) is 12.6. The van der Waals surface area contributed by atoms with Crippen LogP contribution in [0.5, 0.6) is 5.75 Å². The highest BCUT2D eigenvalue weighted by Crippen LogP contribution is 2.27. The molecule has 0 aliphatic rings. The van der Waals surface area contributed by atoms with Crippen molar-refractivity contribution in [3.8, 4) is 5.75 Å². The van der Waals surface area contributed by atoms with Gasteiger partial charge >= 0.3 is 0 Å². The molecular formula is C13H10ClF2NO. The summed E-state index contributed by atoms with van der Waals surface area (Å²) in [5.41, 5.74) is 6.61. The number of ether oxygens (including phenoxy) is 1. The first-order chi connectivity index (χ1) is 8.56. The van der Waals surface area contributed by atoms with Crippen LogP contribution in [-0.2, 0) is 6.61 Å². The Balaban J connectivity index is 2.11. The molecule has 0 spiro atoms. The molecule has 2 aromatic carbocycles. The molecule has 2 N–H and O–H groups in total. The summed E-state index contributed by atoms with van der Waals surface area (Å²) in [5, 5.41) is 0.409. The molecule has 94 valence electrons. The van der Waals surface area contributed by atoms with E-state index in [0.717, 1.165) is 12.1 Å². The lowest BCUT2D eigenvalue weighted by atomic mass is 10.2. The fourth-order valence-corrected chi connectivity index (χ4v) is 1.59. The van der Waals surface area contributed by atoms with Crippen LogP contribution < -0.4 is 10.5 Å². The summed E-state index contributed by atoms with van der Waals surface area (Å²) in [4.78, 5) is 0. The van der Waals surface area contributed by atoms with Gasteiger partial charge in [0.15, 0.2) is 11.6 Å². The molecule has 0 fully saturated rings. The zero-order valence-corrected chi connectivity index (χ0v) is 10.0. The zero-order valence-electron chi connectivity index (χ0n) is 9.29. The number of rotatable bonds is 3. The summed E-state index contributed by atoms with van der Waals surface area (Å²) in [7, 11) is 0. The number of hydrogen-bond donors (Lipinski definition) is 1. The van der Waals surface area contributed by atoms with E-state index in [9.17, 15) is 8.78 Å². The van der Waals surface area contributed by atoms with Crippen LogP contribution >= 0.6 is 11.6 Å². The van der Waals surface area contributed by atoms with Crippen molar-refractivity contribution < 1.29 is 13.5 Å². The van der Waals surface area contributed by atoms with E-state index in [0.29, 0.717) is 22.0 Å². The van der Waals surface area contributed by atoms with Gasteiger partial charge in [-0.2, -0.15) is 0 Å². The highest BCUT2D eigenvalue weighted by atomic mass is 35.5. The molecule has 2 rings (SSSR count). The summed E-state index contributed by atoms with van der Waals surface area (Å²) in [6.07, 6.45) is 0. The number of anilines is 1. The van der Waals surface area contributed by atoms with Crippen molar-refractivity contribution in [1.82, 2.24) is 0 Å². The predicted octanol–water partition coefficient (Wildman–Crippen LogP) is 3.78. The molecule has 0 amide bonds. The minimum absolute atomic E-state index is 0.0837. The van der Waals surface area contributed by atoms with Gasteiger partial charge < -0.3 is 10.5 Å². The molecule has 0 saturated heterocycles. The second-order valence-corrected chi connectivity index (χ2v) is 4.13. The number of nitrogens with two attached hydrogens (primary N) is 1. The Morgan fingerprint density at radius 2 is 1.83 bits per heavy atom. The molecule has 0 aliphatic heterocycles. The van der Waals surface area contributed by atoms with Crippen LogP contribution in [0.15, 0.2) is 36.4 Å². The van der Waals surface area contributed by atoms with Crippen LogP contribution in [0.3, 0.4) is 0 Å². The van der Waals surface area contributed by atoms with Crippen molar-refractivity contribution in [2.45, 2.75) is 6.61 Å². The molecule has 0 bridgehead atoms. The standard InChI is InChI=1S/C13H10ClF2NO/c14-10-3-2-9(17)6-13(10)18-7-8-1-4-11(15)12(16)5-8/h1-6H,7,17H2. The van der Waals surface area contributed by atoms with Gasteiger partial charge in [0.25, 0.3) is 0 Å². The maximum absolute atomic E-state index is 13.0. The fraction of sp³-hybridized carbons (Fsp3) is 0.0769. The minimum Gasteiger partial charge on any atom is -0.487 e. The monoisotopic (exact) mass is 269 g/mol. The van der Waals surface area contributed by atoms with E-state index in [4.69, 9.17) is 22.1 Å². The van der Waals surface area contributed by atoms with Crippen LogP contribution in [0.1, 0.15) is 5.56 Å². The molecule has 0 aromatic heterocycles. The lowest BCUT2D eigenvalue weighted by Crippen LogP contribution is -1.98. The SMILES string of the molecule is Nc1ccc(Cl)c(OCc2ccc(F)c(F)c2)c1. The van der Waals surface area contributed by atoms with Gasteiger partial charge in [-0.05, 0) is 29.8 Å². The Morgan fingerprint density at radius 1 is 1.06 bits per heavy atom. The van der Waals surface area contributed by atoms with E-state index in [1.165, 1.54) is 6.07 Å². The second kappa shape index (κ2) is 5.23. The van der Waals surface area contributed by atoms with Gasteiger partial charge in [-0.15, -0.1) is 0 Å². The van der Waals surface area contributed by atoms with Crippen LogP contribution in [0.4, 0.5) is 14.5 Å². The summed E-state index contributed by atoms with van der Waals surface area (Å²) in [5.74, 6) is -1.39. The largest absolute Gasteiger partial charge is 0.487 e. The van der Waals surface area contributed by atoms with Crippen LogP contribution in [0.25, 0.3) is 0 Å². The maximum Gasteiger partial charge on any atom is 0.159 e. The van der Waals surface area contributed by atoms with Crippen LogP contribution in [0, 0.1) is 11.6 Å². The van der Waals surface area contributed by atoms with Gasteiger partial charge in [0.2, 0.25) is 0 Å². The first-order valence-electron chi connectivity index (χ1n) is 5.18. The van der Waals surface area contributed by atoms with E-state index in [1.54, 1.807) is 18.2 Å². The van der Waals surface area contributed by atoms with E-state index < -0.39 is 11.6 Å². The smallest absolute Gasteiger partial charge is 0.159 e. The van der Waals surface area contributed by atoms with E-state index in [-0.39, 0.29) is 6.61 Å². The Kier molecular flexibility index (Phi) is 3.67. The Bertz CT molecular complexity index is 575. The third kappa shape index (κ3) is 2.90. The van der Waals surface area contributed by atoms with Gasteiger partial charge in [0, 0.05) is 11.8 Å². The van der Waals surface area contributed by atoms with Gasteiger partial charge in [-0.3, -0.25) is 0 Å². The average Bonchev–Trinajstić information content (AvgIpc) is 2.34. The Labute approximate surface area is 108 Å². The summed E-state index contributed by atoms with van der Waals surface area (Å²) < 4.78 is 31.1. The maximum atomic E-state index is 13.0. The van der Waals surface area contributed by atoms with Crippen molar-refractivity contribution in [3.05, 3.63) is 58.6 Å². The fourth-order valence-electron chi connectivity index (χ4n) is 1.42. The quantitative estimate of drug-likeness (QED) is 0.861. The topological polar surface area (TPSA) is 35.2 Å². The third-order valence-electron chi connectivity index (χ3n) is 2.33. The Morgan fingerprint density at radius 3 is 2.56 bits per heavy atom. The molecule has 2 nitrogen and oxygen atoms in total. The van der Waals surface area contributed by atoms with E-state index >= 15 is 0 Å². The summed E-state index contributed by atoms with van der Waals surface area (Å²) >= 11 is 5.90. The lowest BCUT2D eigenvalue weighted by Gasteiger charge is -2.09. The minimum atomic E-state index is -0.908. The zero-order chi connectivity index (χ0) is 13.1. The third-order valence-corrected chi connectivity index (χ3v) is 2.65. The summed E-state index contributed by atoms with van der Waals surface area (Å²) in [6, 6.07) is 8.40. The number of hydrogen-bond acceptors (Lipinski definition) is 2. The van der Waals surface area contributed by atoms with Crippen molar-refractivity contribution in [2.75, 3.05) is 5.73 Å². The number of halogens is 3. The molecule has 0 unspecified atom stereocenters. The second-order valence-electron chi connectivity index (χ2n) is 3.73. The lowest BCUT2D eigenvalue weighted by molar-refractivity contribution is 0.305. The molecule has 18 heavy (non-hydrogen) atoms. The molecule has 5 heteroatoms. The van der Waals surface area contributed by atoms with E-state index in [2.05, 4.69) is 0 Å². The first-order valence-corrected chi connectivity index (χ1v) is 5.56. The van der Waals surface area contributed by atoms with Crippen LogP contribution in [-0.4, -0.2) is 0 Å². The van der Waals surface area contributed by atoms with Crippen molar-refractivity contribution in [2.24, 2.45) is 0 Å². The van der Waals surface area contributed by atoms with Crippen molar-refractivity contribution in [1.29, 1.82) is 0 Å². The normalized spacial score (nSPS) is 10.4. The van der Waals surface area contributed by atoms with Gasteiger partial charge in [0.1, 0.15) is 12.4 Å². The molecule has 0 atom stereocenters. The number of nitrogen functional groups attached to an aromatic ring is 1. The highest BCUT2D eigenvalue weighted by molar-refractivity contribution is 6.32. The van der Waals surface area contributed by atoms with Crippen LogP contribution in [0.2, 0.25) is 5.02 Å². The summed E-state index contributed by atoms with van der Waals surface area (Å²) in [6.45, 7) is 0.0837. The van der Waals surface area contributed by atoms with Gasteiger partial charge in [-0.1, -0.05) is 17.7 Å². The average molecular weight is 270 g/mol. The predicted molar refractivity (Wildman–Crippen MR) is 66.6 cm³/mol. The van der Waals surface area contributed by atoms with Crippen molar-refractivity contribution >= 4 is 17.3 Å². The molecule has 0 aliphatic carbocycles.